The van der Waals surface area contributed by atoms with E-state index in [0.717, 1.165) is 23.9 Å². The Labute approximate surface area is 174 Å². The minimum absolute atomic E-state index is 0.0950. The number of amides is 1. The molecule has 0 atom stereocenters. The summed E-state index contributed by atoms with van der Waals surface area (Å²) in [6, 6.07) is 9.14. The maximum atomic E-state index is 12.4. The van der Waals surface area contributed by atoms with Gasteiger partial charge in [-0.05, 0) is 24.3 Å². The van der Waals surface area contributed by atoms with E-state index in [1.165, 1.54) is 6.26 Å². The quantitative estimate of drug-likeness (QED) is 0.645. The van der Waals surface area contributed by atoms with Crippen molar-refractivity contribution in [3.05, 3.63) is 66.3 Å². The zero-order valence-electron chi connectivity index (χ0n) is 16.0. The van der Waals surface area contributed by atoms with Crippen LogP contribution in [0.4, 0.5) is 19.0 Å². The molecule has 1 aliphatic heterocycles. The van der Waals surface area contributed by atoms with Gasteiger partial charge in [0.2, 0.25) is 0 Å². The zero-order valence-corrected chi connectivity index (χ0v) is 16.0. The summed E-state index contributed by atoms with van der Waals surface area (Å²) in [7, 11) is 0. The van der Waals surface area contributed by atoms with Crippen LogP contribution >= 0.6 is 0 Å². The molecule has 0 fully saturated rings. The first kappa shape index (κ1) is 21.9. The number of fused-ring (bicyclic) bond motifs is 1. The standard InChI is InChI=1S/C17H17N5O2.C2HF3O2/c23-17(14-4-3-9-24-14)22-8-7-21-11-13(20-16(21)12-22)10-19-15-5-1-2-6-18-15;3-2(4,5)1(6)7/h1-6,9,11H,7-8,10,12H2,(H,18,19);(H,6,7). The topological polar surface area (TPSA) is 113 Å². The molecule has 0 radical (unpaired) electrons. The predicted octanol–water partition coefficient (Wildman–Crippen LogP) is 2.77. The van der Waals surface area contributed by atoms with E-state index >= 15 is 0 Å². The molecule has 0 unspecified atom stereocenters. The van der Waals surface area contributed by atoms with Gasteiger partial charge in [-0.15, -0.1) is 0 Å². The number of carboxylic acids is 1. The van der Waals surface area contributed by atoms with E-state index < -0.39 is 12.1 Å². The van der Waals surface area contributed by atoms with Crippen LogP contribution < -0.4 is 5.32 Å². The van der Waals surface area contributed by atoms with Crippen LogP contribution in [-0.2, 0) is 24.4 Å². The molecule has 0 aliphatic carbocycles. The van der Waals surface area contributed by atoms with Crippen molar-refractivity contribution in [3.8, 4) is 0 Å². The normalized spacial score (nSPS) is 13.1. The number of rotatable bonds is 4. The number of anilines is 1. The molecular weight excluding hydrogens is 419 g/mol. The van der Waals surface area contributed by atoms with Gasteiger partial charge >= 0.3 is 12.1 Å². The van der Waals surface area contributed by atoms with Crippen molar-refractivity contribution in [1.29, 1.82) is 0 Å². The number of nitrogens with one attached hydrogen (secondary N) is 1. The molecule has 4 rings (SSSR count). The van der Waals surface area contributed by atoms with Crippen molar-refractivity contribution in [3.63, 3.8) is 0 Å². The van der Waals surface area contributed by atoms with E-state index in [2.05, 4.69) is 19.9 Å². The fraction of sp³-hybridized carbons (Fsp3) is 0.263. The summed E-state index contributed by atoms with van der Waals surface area (Å²) in [5, 5.41) is 10.4. The summed E-state index contributed by atoms with van der Waals surface area (Å²) in [5.74, 6) is -0.779. The molecule has 3 aromatic rings. The molecule has 31 heavy (non-hydrogen) atoms. The highest BCUT2D eigenvalue weighted by Crippen LogP contribution is 2.17. The van der Waals surface area contributed by atoms with Crippen molar-refractivity contribution in [2.45, 2.75) is 25.8 Å². The molecule has 1 aliphatic rings. The lowest BCUT2D eigenvalue weighted by Crippen LogP contribution is -2.38. The summed E-state index contributed by atoms with van der Waals surface area (Å²) in [6.45, 7) is 2.47. The number of pyridine rings is 1. The van der Waals surface area contributed by atoms with Crippen LogP contribution in [0.5, 0.6) is 0 Å². The first-order chi connectivity index (χ1) is 14.7. The molecule has 3 aromatic heterocycles. The van der Waals surface area contributed by atoms with Crippen LogP contribution in [0.2, 0.25) is 0 Å². The number of carboxylic acid groups (broad SMARTS) is 1. The van der Waals surface area contributed by atoms with Gasteiger partial charge in [0.1, 0.15) is 11.6 Å². The van der Waals surface area contributed by atoms with Crippen LogP contribution in [0.1, 0.15) is 22.1 Å². The number of halogens is 3. The van der Waals surface area contributed by atoms with Gasteiger partial charge in [0.05, 0.1) is 25.0 Å². The number of hydrogen-bond donors (Lipinski definition) is 2. The number of furan rings is 1. The number of alkyl halides is 3. The predicted molar refractivity (Wildman–Crippen MR) is 101 cm³/mol. The number of hydrogen-bond acceptors (Lipinski definition) is 6. The van der Waals surface area contributed by atoms with E-state index in [1.807, 2.05) is 24.4 Å². The number of aliphatic carboxylic acids is 1. The molecule has 164 valence electrons. The number of nitrogens with zero attached hydrogens (tertiary/aromatic N) is 4. The lowest BCUT2D eigenvalue weighted by molar-refractivity contribution is -0.192. The number of imidazole rings is 1. The van der Waals surface area contributed by atoms with Gasteiger partial charge < -0.3 is 24.3 Å². The highest BCUT2D eigenvalue weighted by molar-refractivity contribution is 5.91. The smallest absolute Gasteiger partial charge is 0.475 e. The first-order valence-electron chi connectivity index (χ1n) is 9.07. The molecule has 2 N–H and O–H groups in total. The summed E-state index contributed by atoms with van der Waals surface area (Å²) in [5.41, 5.74) is 0.933. The van der Waals surface area contributed by atoms with Crippen molar-refractivity contribution in [2.75, 3.05) is 11.9 Å². The zero-order chi connectivity index (χ0) is 22.4. The van der Waals surface area contributed by atoms with Crippen LogP contribution in [0, 0.1) is 0 Å². The molecule has 0 saturated carbocycles. The summed E-state index contributed by atoms with van der Waals surface area (Å²) >= 11 is 0. The van der Waals surface area contributed by atoms with E-state index in [1.54, 1.807) is 23.2 Å². The maximum Gasteiger partial charge on any atom is 0.490 e. The fourth-order valence-electron chi connectivity index (χ4n) is 2.77. The highest BCUT2D eigenvalue weighted by atomic mass is 19.4. The Morgan fingerprint density at radius 2 is 1.97 bits per heavy atom. The average molecular weight is 437 g/mol. The van der Waals surface area contributed by atoms with Crippen molar-refractivity contribution in [2.24, 2.45) is 0 Å². The van der Waals surface area contributed by atoms with Gasteiger partial charge in [-0.1, -0.05) is 6.07 Å². The third kappa shape index (κ3) is 5.84. The minimum Gasteiger partial charge on any atom is -0.475 e. The van der Waals surface area contributed by atoms with Gasteiger partial charge in [-0.3, -0.25) is 4.79 Å². The van der Waals surface area contributed by atoms with Gasteiger partial charge in [-0.25, -0.2) is 14.8 Å². The Bertz CT molecular complexity index is 1020. The molecule has 0 bridgehead atoms. The largest absolute Gasteiger partial charge is 0.490 e. The van der Waals surface area contributed by atoms with Gasteiger partial charge in [0, 0.05) is 25.5 Å². The number of carbonyl (C=O) groups excluding carboxylic acids is 1. The Morgan fingerprint density at radius 1 is 1.19 bits per heavy atom. The third-order valence-corrected chi connectivity index (χ3v) is 4.23. The first-order valence-corrected chi connectivity index (χ1v) is 9.07. The van der Waals surface area contributed by atoms with E-state index in [4.69, 9.17) is 14.3 Å². The van der Waals surface area contributed by atoms with Crippen molar-refractivity contribution >= 4 is 17.7 Å². The Morgan fingerprint density at radius 3 is 2.58 bits per heavy atom. The monoisotopic (exact) mass is 437 g/mol. The molecule has 4 heterocycles. The lowest BCUT2D eigenvalue weighted by atomic mass is 10.3. The second kappa shape index (κ2) is 9.32. The van der Waals surface area contributed by atoms with Crippen molar-refractivity contribution < 1.29 is 32.3 Å². The number of aromatic nitrogens is 3. The SMILES string of the molecule is O=C(O)C(F)(F)F.O=C(c1ccco1)N1CCn2cc(CNc3ccccn3)nc2C1. The molecule has 0 spiro atoms. The van der Waals surface area contributed by atoms with Crippen LogP contribution in [0.3, 0.4) is 0 Å². The molecule has 0 aromatic carbocycles. The lowest BCUT2D eigenvalue weighted by Gasteiger charge is -2.26. The van der Waals surface area contributed by atoms with Crippen LogP contribution in [-0.4, -0.2) is 49.1 Å². The van der Waals surface area contributed by atoms with E-state index in [9.17, 15) is 18.0 Å². The summed E-state index contributed by atoms with van der Waals surface area (Å²) in [6.07, 6.45) is 0.207. The van der Waals surface area contributed by atoms with Gasteiger partial charge in [-0.2, -0.15) is 13.2 Å². The van der Waals surface area contributed by atoms with Gasteiger partial charge in [0.25, 0.3) is 5.91 Å². The Kier molecular flexibility index (Phi) is 6.58. The molecule has 9 nitrogen and oxygen atoms in total. The number of carbonyl (C=O) groups is 2. The molecule has 0 saturated heterocycles. The summed E-state index contributed by atoms with van der Waals surface area (Å²) in [4.78, 5) is 31.9. The average Bonchev–Trinajstić information content (AvgIpc) is 3.41. The highest BCUT2D eigenvalue weighted by Gasteiger charge is 2.38. The van der Waals surface area contributed by atoms with Crippen LogP contribution in [0.25, 0.3) is 0 Å². The summed E-state index contributed by atoms with van der Waals surface area (Å²) < 4.78 is 39.0. The van der Waals surface area contributed by atoms with E-state index in [-0.39, 0.29) is 5.91 Å². The molecule has 12 heteroatoms. The Hall–Kier alpha value is -3.83. The minimum atomic E-state index is -5.08. The maximum absolute atomic E-state index is 12.4. The Balaban J connectivity index is 0.000000339. The molecular formula is C19H18F3N5O4. The second-order valence-electron chi connectivity index (χ2n) is 6.42. The second-order valence-corrected chi connectivity index (χ2v) is 6.42. The van der Waals surface area contributed by atoms with E-state index in [0.29, 0.717) is 25.4 Å². The van der Waals surface area contributed by atoms with Gasteiger partial charge in [0.15, 0.2) is 5.76 Å². The van der Waals surface area contributed by atoms with Crippen LogP contribution in [0.15, 0.2) is 53.4 Å². The fourth-order valence-corrected chi connectivity index (χ4v) is 2.77. The third-order valence-electron chi connectivity index (χ3n) is 4.23. The van der Waals surface area contributed by atoms with Crippen molar-refractivity contribution in [1.82, 2.24) is 19.4 Å². The molecule has 1 amide bonds.